The molecule has 2 N–H and O–H groups in total. The Balaban J connectivity index is 0.960. The molecule has 10 rings (SSSR count). The number of likely N-dealkylation sites (tertiary alicyclic amines) is 1. The lowest BCUT2D eigenvalue weighted by Crippen LogP contribution is -2.64. The highest BCUT2D eigenvalue weighted by atomic mass is 16.5. The summed E-state index contributed by atoms with van der Waals surface area (Å²) in [6.45, 7) is 25.7. The van der Waals surface area contributed by atoms with Crippen LogP contribution in [0.3, 0.4) is 0 Å². The van der Waals surface area contributed by atoms with Gasteiger partial charge in [0.05, 0.1) is 47.6 Å². The fourth-order valence-corrected chi connectivity index (χ4v) is 14.2. The number of benzene rings is 1. The maximum absolute atomic E-state index is 15.0. The second kappa shape index (κ2) is 24.2. The summed E-state index contributed by atoms with van der Waals surface area (Å²) < 4.78 is 21.0. The molecule has 7 aliphatic rings. The number of piperazine rings is 1. The van der Waals surface area contributed by atoms with Gasteiger partial charge in [-0.25, -0.2) is 10.2 Å². The number of aryl methyl sites for hydroxylation is 1. The van der Waals surface area contributed by atoms with Gasteiger partial charge in [0.2, 0.25) is 11.8 Å². The Morgan fingerprint density at radius 2 is 1.79 bits per heavy atom. The number of esters is 1. The number of ether oxygens (including phenoxy) is 3. The molecule has 2 aromatic heterocycles. The van der Waals surface area contributed by atoms with Crippen LogP contribution in [0.1, 0.15) is 123 Å². The minimum Gasteiger partial charge on any atom is -0.464 e. The van der Waals surface area contributed by atoms with Gasteiger partial charge in [0.1, 0.15) is 24.9 Å². The highest BCUT2D eigenvalue weighted by Crippen LogP contribution is 2.44. The molecule has 6 bridgehead atoms. The van der Waals surface area contributed by atoms with Gasteiger partial charge in [-0.1, -0.05) is 52.8 Å². The monoisotopic (exact) mass is 1120 g/mol. The van der Waals surface area contributed by atoms with Crippen molar-refractivity contribution in [1.29, 1.82) is 0 Å². The molecule has 5 saturated heterocycles. The van der Waals surface area contributed by atoms with Crippen LogP contribution in [0.4, 0.5) is 10.5 Å². The average Bonchev–Trinajstić information content (AvgIpc) is 4.08. The predicted molar refractivity (Wildman–Crippen MR) is 313 cm³/mol. The van der Waals surface area contributed by atoms with Crippen LogP contribution < -0.4 is 15.6 Å². The number of fused-ring (bicyclic) bond motifs is 7. The van der Waals surface area contributed by atoms with Gasteiger partial charge in [-0.2, -0.15) is 0 Å². The number of methoxy groups -OCH3 is 1. The molecule has 19 heteroatoms. The Bertz CT molecular complexity index is 2890. The Labute approximate surface area is 479 Å². The molecule has 0 radical (unpaired) electrons. The van der Waals surface area contributed by atoms with Gasteiger partial charge >= 0.3 is 12.0 Å². The second-order valence-electron chi connectivity index (χ2n) is 25.1. The van der Waals surface area contributed by atoms with Crippen LogP contribution >= 0.6 is 0 Å². The van der Waals surface area contributed by atoms with Crippen molar-refractivity contribution in [1.82, 2.24) is 49.8 Å². The summed E-state index contributed by atoms with van der Waals surface area (Å²) in [4.78, 5) is 88.7. The number of carbonyl (C=O) groups is 5. The van der Waals surface area contributed by atoms with Crippen molar-refractivity contribution in [2.75, 3.05) is 97.8 Å². The van der Waals surface area contributed by atoms with Crippen LogP contribution in [0.15, 0.2) is 49.2 Å². The number of nitrogens with one attached hydrogen (secondary N) is 2. The molecule has 440 valence electrons. The summed E-state index contributed by atoms with van der Waals surface area (Å²) in [5.74, 6) is -1.72. The number of anilines is 1. The van der Waals surface area contributed by atoms with Crippen molar-refractivity contribution in [3.05, 3.63) is 66.0 Å². The minimum absolute atomic E-state index is 0.142. The predicted octanol–water partition coefficient (Wildman–Crippen LogP) is 6.60. The number of hydrogen-bond acceptors (Lipinski definition) is 13. The van der Waals surface area contributed by atoms with E-state index < -0.39 is 41.0 Å². The van der Waals surface area contributed by atoms with Gasteiger partial charge in [0.25, 0.3) is 5.91 Å². The number of hydrazine groups is 1. The number of likely N-dealkylation sites (N-methyl/N-ethyl adjacent to an activating group) is 1. The van der Waals surface area contributed by atoms with Crippen LogP contribution in [-0.4, -0.2) is 198 Å². The Morgan fingerprint density at radius 3 is 2.53 bits per heavy atom. The van der Waals surface area contributed by atoms with E-state index in [0.29, 0.717) is 77.4 Å². The van der Waals surface area contributed by atoms with E-state index in [1.54, 1.807) is 24.0 Å². The quantitative estimate of drug-likeness (QED) is 0.164. The molecule has 7 aliphatic heterocycles. The third-order valence-electron chi connectivity index (χ3n) is 18.9. The van der Waals surface area contributed by atoms with Crippen molar-refractivity contribution in [3.8, 4) is 11.3 Å². The largest absolute Gasteiger partial charge is 0.464 e. The van der Waals surface area contributed by atoms with Gasteiger partial charge < -0.3 is 43.7 Å². The van der Waals surface area contributed by atoms with Gasteiger partial charge in [-0.3, -0.25) is 39.0 Å². The topological polar surface area (TPSA) is 178 Å². The summed E-state index contributed by atoms with van der Waals surface area (Å²) in [5.41, 5.74) is 10.8. The number of carbonyl (C=O) groups excluding carboxylic acids is 5. The molecule has 0 saturated carbocycles. The van der Waals surface area contributed by atoms with E-state index in [0.717, 1.165) is 76.3 Å². The van der Waals surface area contributed by atoms with Crippen LogP contribution in [-0.2, 0) is 46.4 Å². The lowest BCUT2D eigenvalue weighted by Gasteiger charge is -2.45. The first-order valence-corrected chi connectivity index (χ1v) is 30.1. The number of pyridine rings is 1. The molecule has 0 aliphatic carbocycles. The van der Waals surface area contributed by atoms with Gasteiger partial charge in [0.15, 0.2) is 0 Å². The SMILES string of the molecule is C=CC(=O)N1COC2(CCN(C(=O)N(C)[C@H](C(=O)N[C@H]3CN4CCC=C(C4)c4ccc5c(c4)c(c(-c4cc(N6CCN7CCCC[C@@H]7C6)cnc4[C@H](C)OC)n5CC)CC(C)(C)COC(=O)[C@@H]4CCCN(N4)C3=O)C(C)C)CC2)[C@@H]1C. The molecule has 3 aromatic rings. The molecule has 9 heterocycles. The first kappa shape index (κ1) is 58.3. The molecular weight excluding hydrogens is 1030 g/mol. The van der Waals surface area contributed by atoms with E-state index in [1.807, 2.05) is 27.0 Å². The average molecular weight is 1120 g/mol. The number of nitrogens with zero attached hydrogens (tertiary/aromatic N) is 9. The Kier molecular flexibility index (Phi) is 17.4. The number of rotatable bonds is 10. The fourth-order valence-electron chi connectivity index (χ4n) is 14.2. The Morgan fingerprint density at radius 1 is 1.00 bits per heavy atom. The first-order valence-electron chi connectivity index (χ1n) is 30.1. The number of hydrogen-bond donors (Lipinski definition) is 2. The summed E-state index contributed by atoms with van der Waals surface area (Å²) in [6.07, 6.45) is 12.6. The van der Waals surface area contributed by atoms with Crippen molar-refractivity contribution >= 4 is 51.9 Å². The van der Waals surface area contributed by atoms with Gasteiger partial charge in [-0.15, -0.1) is 0 Å². The van der Waals surface area contributed by atoms with Crippen molar-refractivity contribution in [2.45, 2.75) is 155 Å². The molecular formula is C62H89N11O8. The molecule has 7 atom stereocenters. The number of aromatic nitrogens is 2. The van der Waals surface area contributed by atoms with E-state index >= 15 is 4.79 Å². The highest BCUT2D eigenvalue weighted by molar-refractivity contribution is 5.96. The van der Waals surface area contributed by atoms with Crippen LogP contribution in [0.25, 0.3) is 27.7 Å². The summed E-state index contributed by atoms with van der Waals surface area (Å²) in [7, 11) is 3.39. The lowest BCUT2D eigenvalue weighted by molar-refractivity contribution is -0.155. The highest BCUT2D eigenvalue weighted by Gasteiger charge is 2.50. The van der Waals surface area contributed by atoms with Gasteiger partial charge in [0, 0.05) is 108 Å². The molecule has 1 spiro atoms. The first-order chi connectivity index (χ1) is 38.8. The maximum atomic E-state index is 15.0. The van der Waals surface area contributed by atoms with Crippen molar-refractivity contribution < 1.29 is 38.2 Å². The van der Waals surface area contributed by atoms with Gasteiger partial charge in [-0.05, 0) is 126 Å². The zero-order valence-corrected chi connectivity index (χ0v) is 49.6. The molecule has 19 nitrogen and oxygen atoms in total. The van der Waals surface area contributed by atoms with E-state index in [2.05, 4.69) is 94.6 Å². The molecule has 5 amide bonds. The van der Waals surface area contributed by atoms with E-state index in [4.69, 9.17) is 19.2 Å². The number of urea groups is 1. The summed E-state index contributed by atoms with van der Waals surface area (Å²) >= 11 is 0. The molecule has 5 fully saturated rings. The third kappa shape index (κ3) is 11.8. The third-order valence-corrected chi connectivity index (χ3v) is 18.9. The van der Waals surface area contributed by atoms with Crippen LogP contribution in [0.2, 0.25) is 0 Å². The lowest BCUT2D eigenvalue weighted by atomic mass is 9.84. The second-order valence-corrected chi connectivity index (χ2v) is 25.1. The van der Waals surface area contributed by atoms with E-state index in [1.165, 1.54) is 41.8 Å². The van der Waals surface area contributed by atoms with E-state index in [-0.39, 0.29) is 55.8 Å². The van der Waals surface area contributed by atoms with Crippen LogP contribution in [0, 0.1) is 11.3 Å². The molecule has 81 heavy (non-hydrogen) atoms. The van der Waals surface area contributed by atoms with Crippen molar-refractivity contribution in [2.24, 2.45) is 11.3 Å². The zero-order chi connectivity index (χ0) is 57.5. The number of cyclic esters (lactones) is 1. The maximum Gasteiger partial charge on any atom is 0.324 e. The fraction of sp³-hybridized carbons (Fsp3) is 0.645. The van der Waals surface area contributed by atoms with Crippen molar-refractivity contribution in [3.63, 3.8) is 0 Å². The summed E-state index contributed by atoms with van der Waals surface area (Å²) in [5, 5.41) is 5.78. The molecule has 1 unspecified atom stereocenters. The smallest absolute Gasteiger partial charge is 0.324 e. The standard InChI is InChI=1S/C62H89N11O8/c1-11-53(74)72-39-81-62(42(72)6)22-27-69(28-23-62)60(78)66(9)55(40(3)4)57(75)64-51-37-67-24-15-17-44(35-67)43-20-21-52-47(31-43)49(33-61(7,8)38-80-59(77)50-19-16-26-73(65-50)58(51)76)56(71(52)12-2)48-32-46(34-63-54(48)41(5)79-10)70-30-29-68-25-14-13-18-45(68)36-70/h11,17,20-21,31-32,34,40-42,45,50-51,55,65H,1,12-16,18-19,22-30,33,35-39H2,2-10H3,(H,64,75)/t41-,42-,45+,50-,51-,55-/m0/s1. The minimum atomic E-state index is -1.02. The van der Waals surface area contributed by atoms with E-state index in [9.17, 15) is 19.2 Å². The number of piperidine rings is 2. The zero-order valence-electron chi connectivity index (χ0n) is 49.6. The summed E-state index contributed by atoms with van der Waals surface area (Å²) in [6, 6.07) is 6.49. The Hall–Kier alpha value is -5.86. The van der Waals surface area contributed by atoms with Crippen LogP contribution in [0.5, 0.6) is 0 Å². The number of amides is 5. The molecule has 1 aromatic carbocycles. The normalized spacial score (nSPS) is 26.1.